The molecule has 0 atom stereocenters. The Hall–Kier alpha value is -3.40. The summed E-state index contributed by atoms with van der Waals surface area (Å²) in [5.41, 5.74) is -1.12. The summed E-state index contributed by atoms with van der Waals surface area (Å²) in [6.07, 6.45) is 0. The van der Waals surface area contributed by atoms with Crippen LogP contribution >= 0.6 is 15.9 Å². The van der Waals surface area contributed by atoms with E-state index in [2.05, 4.69) is 26.2 Å². The summed E-state index contributed by atoms with van der Waals surface area (Å²) in [5, 5.41) is 42.0. The molecule has 1 N–H and O–H groups in total. The molecule has 0 unspecified atom stereocenters. The number of nitrogens with zero attached hydrogens (tertiary/aromatic N) is 4. The van der Waals surface area contributed by atoms with E-state index >= 15 is 0 Å². The highest BCUT2D eigenvalue weighted by atomic mass is 79.9. The second-order valence-electron chi connectivity index (χ2n) is 5.57. The Bertz CT molecular complexity index is 1130. The molecule has 3 aromatic carbocycles. The summed E-state index contributed by atoms with van der Waals surface area (Å²) < 4.78 is 0.0514. The standard InChI is InChI=1S/C17H11BrN4O5/c1-9-14(21(24)25)8-12(18)15(16(9)22(26)27)20-19-13-7-6-10-4-2-3-5-11(10)17(13)23/h2-8,23H,1H3. The van der Waals surface area contributed by atoms with Crippen molar-refractivity contribution in [3.63, 3.8) is 0 Å². The van der Waals surface area contributed by atoms with Crippen LogP contribution in [0, 0.1) is 27.2 Å². The minimum absolute atomic E-state index is 0.0514. The van der Waals surface area contributed by atoms with Crippen LogP contribution in [-0.4, -0.2) is 15.0 Å². The lowest BCUT2D eigenvalue weighted by Gasteiger charge is -2.05. The molecule has 0 aliphatic heterocycles. The van der Waals surface area contributed by atoms with Crippen LogP contribution in [0.5, 0.6) is 5.75 Å². The Morgan fingerprint density at radius 3 is 2.41 bits per heavy atom. The van der Waals surface area contributed by atoms with Crippen molar-refractivity contribution in [2.45, 2.75) is 6.92 Å². The van der Waals surface area contributed by atoms with Gasteiger partial charge in [0.1, 0.15) is 11.3 Å². The third kappa shape index (κ3) is 3.34. The van der Waals surface area contributed by atoms with Gasteiger partial charge in [0, 0.05) is 11.5 Å². The third-order valence-corrected chi connectivity index (χ3v) is 4.57. The molecule has 9 nitrogen and oxygen atoms in total. The molecule has 10 heteroatoms. The first-order valence-electron chi connectivity index (χ1n) is 7.55. The van der Waals surface area contributed by atoms with Gasteiger partial charge in [0.15, 0.2) is 11.4 Å². The Morgan fingerprint density at radius 2 is 1.74 bits per heavy atom. The van der Waals surface area contributed by atoms with E-state index in [4.69, 9.17) is 0 Å². The zero-order chi connectivity index (χ0) is 19.7. The minimum atomic E-state index is -0.748. The molecule has 0 amide bonds. The van der Waals surface area contributed by atoms with Crippen molar-refractivity contribution >= 4 is 49.5 Å². The van der Waals surface area contributed by atoms with Gasteiger partial charge in [-0.15, -0.1) is 10.2 Å². The van der Waals surface area contributed by atoms with Crippen LogP contribution < -0.4 is 0 Å². The van der Waals surface area contributed by atoms with Crippen LogP contribution in [0.25, 0.3) is 10.8 Å². The van der Waals surface area contributed by atoms with Gasteiger partial charge in [0.05, 0.1) is 14.3 Å². The molecular weight excluding hydrogens is 420 g/mol. The number of halogens is 1. The smallest absolute Gasteiger partial charge is 0.307 e. The first-order chi connectivity index (χ1) is 12.8. The van der Waals surface area contributed by atoms with Crippen LogP contribution in [0.1, 0.15) is 5.56 Å². The Kier molecular flexibility index (Phi) is 4.82. The SMILES string of the molecule is Cc1c([N+](=O)[O-])cc(Br)c(N=Nc2ccc3ccccc3c2O)c1[N+](=O)[O-]. The average Bonchev–Trinajstić information content (AvgIpc) is 2.63. The number of aromatic hydroxyl groups is 1. The number of hydrogen-bond acceptors (Lipinski definition) is 7. The fraction of sp³-hybridized carbons (Fsp3) is 0.0588. The first kappa shape index (κ1) is 18.4. The number of azo groups is 1. The van der Waals surface area contributed by atoms with Gasteiger partial charge in [-0.1, -0.05) is 30.3 Å². The lowest BCUT2D eigenvalue weighted by molar-refractivity contribution is -0.394. The predicted octanol–water partition coefficient (Wildman–Crippen LogP) is 5.85. The maximum Gasteiger partial charge on any atom is 0.307 e. The molecule has 136 valence electrons. The van der Waals surface area contributed by atoms with Gasteiger partial charge >= 0.3 is 5.69 Å². The number of rotatable bonds is 4. The van der Waals surface area contributed by atoms with E-state index in [1.54, 1.807) is 18.2 Å². The van der Waals surface area contributed by atoms with Gasteiger partial charge in [-0.2, -0.15) is 0 Å². The predicted molar refractivity (Wildman–Crippen MR) is 102 cm³/mol. The summed E-state index contributed by atoms with van der Waals surface area (Å²) in [6, 6.07) is 11.5. The number of nitro benzene ring substituents is 2. The quantitative estimate of drug-likeness (QED) is 0.315. The number of phenolic OH excluding ortho intramolecular Hbond substituents is 1. The lowest BCUT2D eigenvalue weighted by Crippen LogP contribution is -1.98. The van der Waals surface area contributed by atoms with Crippen LogP contribution in [0.15, 0.2) is 57.2 Å². The number of nitro groups is 2. The molecule has 0 bridgehead atoms. The molecule has 0 spiro atoms. The summed E-state index contributed by atoms with van der Waals surface area (Å²) >= 11 is 3.08. The normalized spacial score (nSPS) is 11.2. The molecule has 0 saturated heterocycles. The van der Waals surface area contributed by atoms with Gasteiger partial charge in [-0.3, -0.25) is 20.2 Å². The maximum absolute atomic E-state index is 11.4. The van der Waals surface area contributed by atoms with Crippen molar-refractivity contribution in [2.75, 3.05) is 0 Å². The average molecular weight is 431 g/mol. The van der Waals surface area contributed by atoms with Crippen molar-refractivity contribution in [1.82, 2.24) is 0 Å². The topological polar surface area (TPSA) is 131 Å². The van der Waals surface area contributed by atoms with Crippen LogP contribution in [0.2, 0.25) is 0 Å². The zero-order valence-corrected chi connectivity index (χ0v) is 15.4. The van der Waals surface area contributed by atoms with Gasteiger partial charge in [-0.05, 0) is 34.3 Å². The lowest BCUT2D eigenvalue weighted by atomic mass is 10.1. The highest BCUT2D eigenvalue weighted by Crippen LogP contribution is 2.44. The second-order valence-corrected chi connectivity index (χ2v) is 6.42. The second kappa shape index (κ2) is 7.08. The molecule has 0 aromatic heterocycles. The number of phenols is 1. The maximum atomic E-state index is 11.4. The van der Waals surface area contributed by atoms with Crippen molar-refractivity contribution < 1.29 is 15.0 Å². The van der Waals surface area contributed by atoms with Gasteiger partial charge in [0.25, 0.3) is 5.69 Å². The fourth-order valence-corrected chi connectivity index (χ4v) is 3.13. The number of fused-ring (bicyclic) bond motifs is 1. The molecule has 3 aromatic rings. The first-order valence-corrected chi connectivity index (χ1v) is 8.35. The molecule has 0 saturated carbocycles. The van der Waals surface area contributed by atoms with Crippen molar-refractivity contribution in [1.29, 1.82) is 0 Å². The Morgan fingerprint density at radius 1 is 1.04 bits per heavy atom. The van der Waals surface area contributed by atoms with E-state index in [-0.39, 0.29) is 27.2 Å². The summed E-state index contributed by atoms with van der Waals surface area (Å²) in [6.45, 7) is 1.27. The molecule has 0 fully saturated rings. The third-order valence-electron chi connectivity index (χ3n) is 3.97. The highest BCUT2D eigenvalue weighted by Gasteiger charge is 2.29. The van der Waals surface area contributed by atoms with Crippen LogP contribution in [-0.2, 0) is 0 Å². The fourth-order valence-electron chi connectivity index (χ4n) is 2.65. The number of benzene rings is 3. The van der Waals surface area contributed by atoms with E-state index < -0.39 is 21.2 Å². The monoisotopic (exact) mass is 430 g/mol. The van der Waals surface area contributed by atoms with E-state index in [0.717, 1.165) is 11.5 Å². The zero-order valence-electron chi connectivity index (χ0n) is 13.8. The van der Waals surface area contributed by atoms with Gasteiger partial charge in [-0.25, -0.2) is 0 Å². The van der Waals surface area contributed by atoms with Gasteiger partial charge in [0.2, 0.25) is 0 Å². The molecule has 0 radical (unpaired) electrons. The highest BCUT2D eigenvalue weighted by molar-refractivity contribution is 9.10. The van der Waals surface area contributed by atoms with Crippen LogP contribution in [0.4, 0.5) is 22.7 Å². The van der Waals surface area contributed by atoms with Crippen molar-refractivity contribution in [3.8, 4) is 5.75 Å². The molecular formula is C17H11BrN4O5. The molecule has 0 heterocycles. The Balaban J connectivity index is 2.16. The molecule has 3 rings (SSSR count). The largest absolute Gasteiger partial charge is 0.505 e. The van der Waals surface area contributed by atoms with E-state index in [1.165, 1.54) is 13.0 Å². The molecule has 0 aliphatic rings. The summed E-state index contributed by atoms with van der Waals surface area (Å²) in [4.78, 5) is 21.1. The summed E-state index contributed by atoms with van der Waals surface area (Å²) in [5.74, 6) is -0.116. The number of hydrogen-bond donors (Lipinski definition) is 1. The van der Waals surface area contributed by atoms with Crippen LogP contribution in [0.3, 0.4) is 0 Å². The van der Waals surface area contributed by atoms with Crippen molar-refractivity contribution in [3.05, 3.63) is 72.7 Å². The minimum Gasteiger partial charge on any atom is -0.505 e. The van der Waals surface area contributed by atoms with Gasteiger partial charge < -0.3 is 5.11 Å². The summed E-state index contributed by atoms with van der Waals surface area (Å²) in [7, 11) is 0. The van der Waals surface area contributed by atoms with E-state index in [1.807, 2.05) is 12.1 Å². The van der Waals surface area contributed by atoms with E-state index in [0.29, 0.717) is 5.39 Å². The molecule has 27 heavy (non-hydrogen) atoms. The molecule has 0 aliphatic carbocycles. The van der Waals surface area contributed by atoms with E-state index in [9.17, 15) is 25.3 Å². The Labute approximate surface area is 160 Å². The van der Waals surface area contributed by atoms with Crippen molar-refractivity contribution in [2.24, 2.45) is 10.2 Å².